The maximum Gasteiger partial charge on any atom is 0.145 e. The van der Waals surface area contributed by atoms with Gasteiger partial charge >= 0.3 is 0 Å². The van der Waals surface area contributed by atoms with Crippen molar-refractivity contribution >= 4 is 43.2 Å². The highest BCUT2D eigenvalue weighted by atomic mass is 79.9. The van der Waals surface area contributed by atoms with Crippen LogP contribution < -0.4 is 10.5 Å². The molecule has 3 rings (SSSR count). The number of nitrogens with two attached hydrogens (primary N) is 1. The van der Waals surface area contributed by atoms with Crippen molar-refractivity contribution < 1.29 is 4.74 Å². The Balaban J connectivity index is 1.83. The summed E-state index contributed by atoms with van der Waals surface area (Å²) in [6.07, 6.45) is 0. The molecule has 2 N–H and O–H groups in total. The summed E-state index contributed by atoms with van der Waals surface area (Å²) in [4.78, 5) is 4.25. The van der Waals surface area contributed by atoms with Gasteiger partial charge in [0, 0.05) is 4.47 Å². The zero-order chi connectivity index (χ0) is 13.2. The molecule has 0 aliphatic heterocycles. The predicted octanol–water partition coefficient (Wildman–Crippen LogP) is 4.22. The zero-order valence-electron chi connectivity index (χ0n) is 9.97. The van der Waals surface area contributed by atoms with E-state index in [4.69, 9.17) is 10.5 Å². The Bertz CT molecular complexity index is 726. The fourth-order valence-corrected chi connectivity index (χ4v) is 2.99. The van der Waals surface area contributed by atoms with Crippen LogP contribution in [0.3, 0.4) is 0 Å². The van der Waals surface area contributed by atoms with Gasteiger partial charge in [-0.3, -0.25) is 0 Å². The summed E-state index contributed by atoms with van der Waals surface area (Å²) in [5.41, 5.74) is 10.4. The van der Waals surface area contributed by atoms with Gasteiger partial charge in [0.15, 0.2) is 0 Å². The first kappa shape index (κ1) is 12.4. The van der Waals surface area contributed by atoms with E-state index >= 15 is 0 Å². The second-order valence-electron chi connectivity index (χ2n) is 4.10. The highest BCUT2D eigenvalue weighted by Crippen LogP contribution is 2.32. The molecule has 3 aromatic rings. The molecule has 0 unspecified atom stereocenters. The van der Waals surface area contributed by atoms with E-state index < -0.39 is 0 Å². The number of aromatic nitrogens is 1. The van der Waals surface area contributed by atoms with Crippen LogP contribution in [0.25, 0.3) is 10.2 Å². The minimum Gasteiger partial charge on any atom is -0.487 e. The van der Waals surface area contributed by atoms with Crippen molar-refractivity contribution in [1.29, 1.82) is 0 Å². The lowest BCUT2D eigenvalue weighted by molar-refractivity contribution is 0.308. The van der Waals surface area contributed by atoms with Crippen molar-refractivity contribution in [3.63, 3.8) is 0 Å². The third-order valence-electron chi connectivity index (χ3n) is 2.78. The Labute approximate surface area is 123 Å². The third kappa shape index (κ3) is 2.57. The Morgan fingerprint density at radius 1 is 1.26 bits per heavy atom. The first-order valence-corrected chi connectivity index (χ1v) is 7.40. The lowest BCUT2D eigenvalue weighted by Crippen LogP contribution is -1.99. The molecule has 19 heavy (non-hydrogen) atoms. The summed E-state index contributed by atoms with van der Waals surface area (Å²) >= 11 is 5.02. The van der Waals surface area contributed by atoms with E-state index in [2.05, 4.69) is 20.9 Å². The third-order valence-corrected chi connectivity index (χ3v) is 4.07. The van der Waals surface area contributed by atoms with Gasteiger partial charge in [0.2, 0.25) is 0 Å². The number of hydrogen-bond acceptors (Lipinski definition) is 4. The average Bonchev–Trinajstić information content (AvgIpc) is 2.87. The van der Waals surface area contributed by atoms with Crippen LogP contribution in [0.1, 0.15) is 5.56 Å². The minimum absolute atomic E-state index is 0.485. The van der Waals surface area contributed by atoms with Crippen molar-refractivity contribution in [1.82, 2.24) is 4.98 Å². The van der Waals surface area contributed by atoms with Gasteiger partial charge in [-0.2, -0.15) is 0 Å². The van der Waals surface area contributed by atoms with Crippen molar-refractivity contribution in [3.05, 3.63) is 51.9 Å². The highest BCUT2D eigenvalue weighted by molar-refractivity contribution is 9.10. The van der Waals surface area contributed by atoms with E-state index in [1.165, 1.54) is 0 Å². The number of nitrogens with zero attached hydrogens (tertiary/aromatic N) is 1. The molecule has 0 fully saturated rings. The second-order valence-corrected chi connectivity index (χ2v) is 5.90. The smallest absolute Gasteiger partial charge is 0.145 e. The Morgan fingerprint density at radius 3 is 3.00 bits per heavy atom. The van der Waals surface area contributed by atoms with Gasteiger partial charge in [0.1, 0.15) is 23.6 Å². The molecular formula is C14H11BrN2OS. The van der Waals surface area contributed by atoms with Crippen LogP contribution in [0.5, 0.6) is 5.75 Å². The summed E-state index contributed by atoms with van der Waals surface area (Å²) in [6.45, 7) is 0.485. The van der Waals surface area contributed by atoms with Crippen molar-refractivity contribution in [3.8, 4) is 5.75 Å². The van der Waals surface area contributed by atoms with Gasteiger partial charge in [-0.25, -0.2) is 4.98 Å². The number of benzene rings is 2. The standard InChI is InChI=1S/C14H11BrN2OS/c15-10-3-1-2-9(6-10)7-18-11-4-5-12-14(13(11)16)17-8-19-12/h1-6,8H,7,16H2. The summed E-state index contributed by atoms with van der Waals surface area (Å²) in [7, 11) is 0. The molecule has 0 bridgehead atoms. The van der Waals surface area contributed by atoms with Gasteiger partial charge in [0.25, 0.3) is 0 Å². The molecule has 96 valence electrons. The predicted molar refractivity (Wildman–Crippen MR) is 82.5 cm³/mol. The molecule has 5 heteroatoms. The number of ether oxygens (including phenoxy) is 1. The number of hydrogen-bond donors (Lipinski definition) is 1. The number of anilines is 1. The van der Waals surface area contributed by atoms with Crippen molar-refractivity contribution in [2.24, 2.45) is 0 Å². The maximum atomic E-state index is 6.07. The molecule has 0 radical (unpaired) electrons. The fraction of sp³-hybridized carbons (Fsp3) is 0.0714. The Kier molecular flexibility index (Phi) is 3.40. The normalized spacial score (nSPS) is 10.8. The van der Waals surface area contributed by atoms with Gasteiger partial charge in [0.05, 0.1) is 10.2 Å². The SMILES string of the molecule is Nc1c(OCc2cccc(Br)c2)ccc2scnc12. The highest BCUT2D eigenvalue weighted by Gasteiger charge is 2.08. The van der Waals surface area contributed by atoms with Crippen LogP contribution in [0.4, 0.5) is 5.69 Å². The molecule has 0 aliphatic rings. The summed E-state index contributed by atoms with van der Waals surface area (Å²) in [6, 6.07) is 11.9. The van der Waals surface area contributed by atoms with Crippen LogP contribution in [0.2, 0.25) is 0 Å². The molecule has 1 heterocycles. The summed E-state index contributed by atoms with van der Waals surface area (Å²) in [5, 5.41) is 0. The molecule has 1 aromatic heterocycles. The van der Waals surface area contributed by atoms with E-state index in [-0.39, 0.29) is 0 Å². The van der Waals surface area contributed by atoms with E-state index in [0.717, 1.165) is 20.3 Å². The van der Waals surface area contributed by atoms with E-state index in [9.17, 15) is 0 Å². The second kappa shape index (κ2) is 5.19. The van der Waals surface area contributed by atoms with Crippen LogP contribution in [0, 0.1) is 0 Å². The molecule has 0 amide bonds. The minimum atomic E-state index is 0.485. The molecule has 3 nitrogen and oxygen atoms in total. The number of fused-ring (bicyclic) bond motifs is 1. The monoisotopic (exact) mass is 334 g/mol. The van der Waals surface area contributed by atoms with Gasteiger partial charge in [-0.05, 0) is 29.8 Å². The van der Waals surface area contributed by atoms with Crippen molar-refractivity contribution in [2.45, 2.75) is 6.61 Å². The Morgan fingerprint density at radius 2 is 2.16 bits per heavy atom. The topological polar surface area (TPSA) is 48.1 Å². The van der Waals surface area contributed by atoms with Gasteiger partial charge in [-0.1, -0.05) is 28.1 Å². The van der Waals surface area contributed by atoms with Crippen LogP contribution in [-0.4, -0.2) is 4.98 Å². The number of nitrogen functional groups attached to an aromatic ring is 1. The van der Waals surface area contributed by atoms with Crippen LogP contribution in [0.15, 0.2) is 46.4 Å². The molecule has 0 saturated carbocycles. The molecule has 0 aliphatic carbocycles. The number of thiazole rings is 1. The lowest BCUT2D eigenvalue weighted by atomic mass is 10.2. The van der Waals surface area contributed by atoms with Gasteiger partial charge < -0.3 is 10.5 Å². The van der Waals surface area contributed by atoms with Gasteiger partial charge in [-0.15, -0.1) is 11.3 Å². The maximum absolute atomic E-state index is 6.07. The first-order valence-electron chi connectivity index (χ1n) is 5.73. The molecule has 0 spiro atoms. The number of rotatable bonds is 3. The van der Waals surface area contributed by atoms with E-state index in [0.29, 0.717) is 18.0 Å². The summed E-state index contributed by atoms with van der Waals surface area (Å²) in [5.74, 6) is 0.679. The average molecular weight is 335 g/mol. The fourth-order valence-electron chi connectivity index (χ4n) is 1.85. The van der Waals surface area contributed by atoms with Crippen LogP contribution in [-0.2, 0) is 6.61 Å². The van der Waals surface area contributed by atoms with E-state index in [1.54, 1.807) is 16.8 Å². The number of halogens is 1. The zero-order valence-corrected chi connectivity index (χ0v) is 12.4. The van der Waals surface area contributed by atoms with Crippen molar-refractivity contribution in [2.75, 3.05) is 5.73 Å². The molecule has 0 atom stereocenters. The molecule has 0 saturated heterocycles. The first-order chi connectivity index (χ1) is 9.24. The van der Waals surface area contributed by atoms with Crippen LogP contribution >= 0.6 is 27.3 Å². The largest absolute Gasteiger partial charge is 0.487 e. The molecular weight excluding hydrogens is 324 g/mol. The molecule has 2 aromatic carbocycles. The Hall–Kier alpha value is -1.59. The lowest BCUT2D eigenvalue weighted by Gasteiger charge is -2.09. The quantitative estimate of drug-likeness (QED) is 0.729. The summed E-state index contributed by atoms with van der Waals surface area (Å²) < 4.78 is 7.89. The van der Waals surface area contributed by atoms with E-state index in [1.807, 2.05) is 36.4 Å².